The molecular formula is C15H24N2O. The van der Waals surface area contributed by atoms with Crippen LogP contribution in [0.15, 0.2) is 24.3 Å². The molecular weight excluding hydrogens is 224 g/mol. The van der Waals surface area contributed by atoms with E-state index >= 15 is 0 Å². The Bertz CT molecular complexity index is 371. The minimum atomic E-state index is 0.161. The molecule has 1 aromatic rings. The molecule has 0 bridgehead atoms. The summed E-state index contributed by atoms with van der Waals surface area (Å²) in [5.74, 6) is 0.705. The van der Waals surface area contributed by atoms with E-state index in [9.17, 15) is 4.79 Å². The zero-order chi connectivity index (χ0) is 13.5. The molecule has 0 aliphatic rings. The molecule has 1 rings (SSSR count). The first-order valence-corrected chi connectivity index (χ1v) is 6.57. The predicted molar refractivity (Wildman–Crippen MR) is 75.3 cm³/mol. The minimum Gasteiger partial charge on any atom is -0.341 e. The Hall–Kier alpha value is -1.35. The third-order valence-corrected chi connectivity index (χ3v) is 3.09. The number of nitrogens with two attached hydrogens (primary N) is 1. The lowest BCUT2D eigenvalue weighted by Gasteiger charge is -2.17. The summed E-state index contributed by atoms with van der Waals surface area (Å²) in [4.78, 5) is 13.5. The van der Waals surface area contributed by atoms with E-state index in [1.165, 1.54) is 11.1 Å². The van der Waals surface area contributed by atoms with Crippen molar-refractivity contribution >= 4 is 5.91 Å². The Morgan fingerprint density at radius 3 is 2.39 bits per heavy atom. The van der Waals surface area contributed by atoms with Crippen LogP contribution in [0.5, 0.6) is 0 Å². The van der Waals surface area contributed by atoms with E-state index in [0.29, 0.717) is 25.4 Å². The second-order valence-corrected chi connectivity index (χ2v) is 5.04. The van der Waals surface area contributed by atoms with Crippen molar-refractivity contribution < 1.29 is 4.79 Å². The first-order valence-electron chi connectivity index (χ1n) is 6.57. The summed E-state index contributed by atoms with van der Waals surface area (Å²) in [6.45, 7) is 5.60. The number of carbonyl (C=O) groups excluding carboxylic acids is 1. The third kappa shape index (κ3) is 4.49. The van der Waals surface area contributed by atoms with Crippen molar-refractivity contribution in [3.8, 4) is 0 Å². The van der Waals surface area contributed by atoms with Crippen LogP contribution >= 0.6 is 0 Å². The molecule has 0 unspecified atom stereocenters. The van der Waals surface area contributed by atoms with Crippen LogP contribution < -0.4 is 5.73 Å². The Morgan fingerprint density at radius 2 is 1.89 bits per heavy atom. The van der Waals surface area contributed by atoms with Crippen molar-refractivity contribution in [1.29, 1.82) is 0 Å². The summed E-state index contributed by atoms with van der Waals surface area (Å²) in [5.41, 5.74) is 7.90. The van der Waals surface area contributed by atoms with E-state index in [0.717, 1.165) is 6.42 Å². The van der Waals surface area contributed by atoms with E-state index in [4.69, 9.17) is 5.73 Å². The Balaban J connectivity index is 2.53. The minimum absolute atomic E-state index is 0.161. The first kappa shape index (κ1) is 14.7. The molecule has 0 saturated heterocycles. The molecule has 100 valence electrons. The summed E-state index contributed by atoms with van der Waals surface area (Å²) >= 11 is 0. The van der Waals surface area contributed by atoms with Crippen molar-refractivity contribution in [3.63, 3.8) is 0 Å². The van der Waals surface area contributed by atoms with Crippen LogP contribution in [0.1, 0.15) is 43.7 Å². The summed E-state index contributed by atoms with van der Waals surface area (Å²) in [5, 5.41) is 0. The normalized spacial score (nSPS) is 10.7. The monoisotopic (exact) mass is 248 g/mol. The molecule has 0 fully saturated rings. The van der Waals surface area contributed by atoms with Crippen molar-refractivity contribution in [1.82, 2.24) is 4.90 Å². The zero-order valence-electron chi connectivity index (χ0n) is 11.6. The third-order valence-electron chi connectivity index (χ3n) is 3.09. The molecule has 0 heterocycles. The summed E-state index contributed by atoms with van der Waals surface area (Å²) in [7, 11) is 1.84. The molecule has 0 radical (unpaired) electrons. The molecule has 2 N–H and O–H groups in total. The van der Waals surface area contributed by atoms with Crippen molar-refractivity contribution in [2.75, 3.05) is 13.6 Å². The van der Waals surface area contributed by atoms with Crippen LogP contribution in [0.2, 0.25) is 0 Å². The van der Waals surface area contributed by atoms with Gasteiger partial charge >= 0.3 is 0 Å². The number of benzene rings is 1. The number of hydrogen-bond donors (Lipinski definition) is 1. The topological polar surface area (TPSA) is 46.3 Å². The van der Waals surface area contributed by atoms with Gasteiger partial charge in [0.1, 0.15) is 0 Å². The van der Waals surface area contributed by atoms with Crippen LogP contribution in [0.25, 0.3) is 0 Å². The van der Waals surface area contributed by atoms with E-state index < -0.39 is 0 Å². The first-order chi connectivity index (χ1) is 8.54. The molecule has 3 heteroatoms. The highest BCUT2D eigenvalue weighted by Crippen LogP contribution is 2.15. The second kappa shape index (κ2) is 7.17. The van der Waals surface area contributed by atoms with Gasteiger partial charge < -0.3 is 10.6 Å². The second-order valence-electron chi connectivity index (χ2n) is 5.04. The van der Waals surface area contributed by atoms with Gasteiger partial charge in [-0.3, -0.25) is 4.79 Å². The van der Waals surface area contributed by atoms with Gasteiger partial charge in [0, 0.05) is 20.0 Å². The van der Waals surface area contributed by atoms with Gasteiger partial charge in [0.25, 0.3) is 0 Å². The summed E-state index contributed by atoms with van der Waals surface area (Å²) in [6.07, 6.45) is 1.30. The molecule has 0 saturated carbocycles. The SMILES string of the molecule is CC(C)c1ccc(CN(C)C(=O)CCCN)cc1. The molecule has 0 atom stereocenters. The standard InChI is InChI=1S/C15H24N2O/c1-12(2)14-8-6-13(7-9-14)11-17(3)15(18)5-4-10-16/h6-9,12H,4-5,10-11,16H2,1-3H3. The lowest BCUT2D eigenvalue weighted by molar-refractivity contribution is -0.130. The zero-order valence-corrected chi connectivity index (χ0v) is 11.6. The molecule has 0 aromatic heterocycles. The fraction of sp³-hybridized carbons (Fsp3) is 0.533. The molecule has 3 nitrogen and oxygen atoms in total. The fourth-order valence-corrected chi connectivity index (χ4v) is 1.81. The van der Waals surface area contributed by atoms with Crippen LogP contribution in [0, 0.1) is 0 Å². The van der Waals surface area contributed by atoms with Gasteiger partial charge in [0.2, 0.25) is 5.91 Å². The summed E-state index contributed by atoms with van der Waals surface area (Å²) < 4.78 is 0. The largest absolute Gasteiger partial charge is 0.341 e. The highest BCUT2D eigenvalue weighted by atomic mass is 16.2. The van der Waals surface area contributed by atoms with Gasteiger partial charge in [-0.2, -0.15) is 0 Å². The van der Waals surface area contributed by atoms with Gasteiger partial charge in [-0.25, -0.2) is 0 Å². The highest BCUT2D eigenvalue weighted by molar-refractivity contribution is 5.75. The number of rotatable bonds is 6. The fourth-order valence-electron chi connectivity index (χ4n) is 1.81. The molecule has 0 spiro atoms. The quantitative estimate of drug-likeness (QED) is 0.840. The maximum atomic E-state index is 11.8. The van der Waals surface area contributed by atoms with E-state index in [1.54, 1.807) is 4.90 Å². The highest BCUT2D eigenvalue weighted by Gasteiger charge is 2.08. The maximum absolute atomic E-state index is 11.8. The number of carbonyl (C=O) groups is 1. The lowest BCUT2D eigenvalue weighted by atomic mass is 10.0. The Morgan fingerprint density at radius 1 is 1.28 bits per heavy atom. The lowest BCUT2D eigenvalue weighted by Crippen LogP contribution is -2.26. The van der Waals surface area contributed by atoms with Gasteiger partial charge in [-0.1, -0.05) is 38.1 Å². The predicted octanol–water partition coefficient (Wildman–Crippen LogP) is 2.51. The molecule has 0 aliphatic heterocycles. The van der Waals surface area contributed by atoms with Gasteiger partial charge in [0.05, 0.1) is 0 Å². The van der Waals surface area contributed by atoms with Gasteiger partial charge in [-0.15, -0.1) is 0 Å². The average Bonchev–Trinajstić information content (AvgIpc) is 2.36. The van der Waals surface area contributed by atoms with Crippen molar-refractivity contribution in [2.45, 2.75) is 39.2 Å². The Kier molecular flexibility index (Phi) is 5.86. The number of hydrogen-bond acceptors (Lipinski definition) is 2. The van der Waals surface area contributed by atoms with Crippen LogP contribution in [-0.2, 0) is 11.3 Å². The van der Waals surface area contributed by atoms with E-state index in [1.807, 2.05) is 7.05 Å². The van der Waals surface area contributed by atoms with Crippen molar-refractivity contribution in [3.05, 3.63) is 35.4 Å². The van der Waals surface area contributed by atoms with Crippen molar-refractivity contribution in [2.24, 2.45) is 5.73 Å². The van der Waals surface area contributed by atoms with Gasteiger partial charge in [0.15, 0.2) is 0 Å². The molecule has 18 heavy (non-hydrogen) atoms. The molecule has 0 aliphatic carbocycles. The average molecular weight is 248 g/mol. The summed E-state index contributed by atoms with van der Waals surface area (Å²) in [6, 6.07) is 8.47. The Labute approximate surface area is 110 Å². The number of nitrogens with zero attached hydrogens (tertiary/aromatic N) is 1. The van der Waals surface area contributed by atoms with E-state index in [2.05, 4.69) is 38.1 Å². The van der Waals surface area contributed by atoms with Crippen LogP contribution in [0.4, 0.5) is 0 Å². The van der Waals surface area contributed by atoms with Crippen LogP contribution in [0.3, 0.4) is 0 Å². The molecule has 1 aromatic carbocycles. The smallest absolute Gasteiger partial charge is 0.222 e. The van der Waals surface area contributed by atoms with E-state index in [-0.39, 0.29) is 5.91 Å². The maximum Gasteiger partial charge on any atom is 0.222 e. The van der Waals surface area contributed by atoms with Crippen LogP contribution in [-0.4, -0.2) is 24.4 Å². The van der Waals surface area contributed by atoms with Gasteiger partial charge in [-0.05, 0) is 30.0 Å². The number of amides is 1. The molecule has 1 amide bonds.